The third-order valence-corrected chi connectivity index (χ3v) is 7.77. The lowest BCUT2D eigenvalue weighted by Gasteiger charge is -2.15. The Morgan fingerprint density at radius 2 is 1.81 bits per heavy atom. The molecule has 0 atom stereocenters. The Morgan fingerprint density at radius 1 is 0.953 bits per heavy atom. The van der Waals surface area contributed by atoms with E-state index in [2.05, 4.69) is 66.3 Å². The Hall–Kier alpha value is -4.83. The molecule has 10 heteroatoms. The smallest absolute Gasteiger partial charge is 0.181 e. The predicted molar refractivity (Wildman–Crippen MR) is 168 cm³/mol. The maximum absolute atomic E-state index is 14.8. The van der Waals surface area contributed by atoms with E-state index in [0.29, 0.717) is 35.3 Å². The summed E-state index contributed by atoms with van der Waals surface area (Å²) in [5, 5.41) is 12.7. The molecule has 1 fully saturated rings. The molecule has 1 aliphatic heterocycles. The summed E-state index contributed by atoms with van der Waals surface area (Å²) < 4.78 is 20.7. The van der Waals surface area contributed by atoms with Gasteiger partial charge in [0, 0.05) is 76.4 Å². The van der Waals surface area contributed by atoms with Crippen LogP contribution in [0.4, 0.5) is 10.1 Å². The second-order valence-corrected chi connectivity index (χ2v) is 11.3. The summed E-state index contributed by atoms with van der Waals surface area (Å²) in [6.45, 7) is 7.75. The maximum Gasteiger partial charge on any atom is 0.181 e. The SMILES string of the molecule is CC(C)Nc1cncc(-c2cnc3n[nH]c(-c4cc5c(-c6cc(F)cc(OCCN7CCCC7)c6)nccc5[nH]4)c3c2)c1. The van der Waals surface area contributed by atoms with Gasteiger partial charge in [0.2, 0.25) is 0 Å². The molecule has 0 radical (unpaired) electrons. The van der Waals surface area contributed by atoms with Crippen molar-refractivity contribution >= 4 is 27.6 Å². The standard InChI is InChI=1S/C33H33FN8O/c1-20(2)38-25-12-22(17-35-19-25)23-14-28-32(40-41-33(28)37-18-23)30-16-27-29(39-30)5-6-36-31(27)21-11-24(34)15-26(13-21)43-10-9-42-7-3-4-8-42/h5-6,11-20,38-39H,3-4,7-10H2,1-2H3,(H,37,40,41). The van der Waals surface area contributed by atoms with Gasteiger partial charge in [-0.2, -0.15) is 5.10 Å². The fraction of sp³-hybridized carbons (Fsp3) is 0.273. The van der Waals surface area contributed by atoms with Crippen molar-refractivity contribution in [3.8, 4) is 39.5 Å². The number of hydrogen-bond donors (Lipinski definition) is 3. The molecule has 0 spiro atoms. The summed E-state index contributed by atoms with van der Waals surface area (Å²) in [6, 6.07) is 13.2. The zero-order valence-corrected chi connectivity index (χ0v) is 24.2. The summed E-state index contributed by atoms with van der Waals surface area (Å²) in [6.07, 6.45) is 9.64. The largest absolute Gasteiger partial charge is 0.492 e. The normalized spacial score (nSPS) is 13.9. The molecule has 0 unspecified atom stereocenters. The van der Waals surface area contributed by atoms with Gasteiger partial charge in [-0.3, -0.25) is 20.0 Å². The van der Waals surface area contributed by atoms with Crippen molar-refractivity contribution in [2.45, 2.75) is 32.7 Å². The lowest BCUT2D eigenvalue weighted by Crippen LogP contribution is -2.25. The quantitative estimate of drug-likeness (QED) is 0.177. The van der Waals surface area contributed by atoms with Crippen LogP contribution in [0.1, 0.15) is 26.7 Å². The Morgan fingerprint density at radius 3 is 2.67 bits per heavy atom. The lowest BCUT2D eigenvalue weighted by molar-refractivity contribution is 0.237. The van der Waals surface area contributed by atoms with E-state index in [9.17, 15) is 4.39 Å². The molecule has 9 nitrogen and oxygen atoms in total. The topological polar surface area (TPSA) is 108 Å². The number of aromatic nitrogens is 6. The molecule has 1 aliphatic rings. The monoisotopic (exact) mass is 576 g/mol. The molecule has 1 aromatic carbocycles. The van der Waals surface area contributed by atoms with Gasteiger partial charge in [0.05, 0.1) is 22.8 Å². The molecular weight excluding hydrogens is 543 g/mol. The first-order valence-electron chi connectivity index (χ1n) is 14.7. The number of H-pyrrole nitrogens is 2. The third-order valence-electron chi connectivity index (χ3n) is 7.77. The number of nitrogens with one attached hydrogen (secondary N) is 3. The van der Waals surface area contributed by atoms with E-state index in [-0.39, 0.29) is 5.82 Å². The minimum absolute atomic E-state index is 0.297. The predicted octanol–water partition coefficient (Wildman–Crippen LogP) is 6.66. The number of fused-ring (bicyclic) bond motifs is 2. The van der Waals surface area contributed by atoms with Gasteiger partial charge in [-0.25, -0.2) is 9.37 Å². The first-order chi connectivity index (χ1) is 21.0. The first-order valence-corrected chi connectivity index (χ1v) is 14.7. The van der Waals surface area contributed by atoms with Gasteiger partial charge in [-0.05, 0) is 76.2 Å². The van der Waals surface area contributed by atoms with E-state index in [1.165, 1.54) is 25.0 Å². The fourth-order valence-corrected chi connectivity index (χ4v) is 5.77. The second kappa shape index (κ2) is 11.4. The van der Waals surface area contributed by atoms with Gasteiger partial charge >= 0.3 is 0 Å². The molecular formula is C33H33FN8O. The average molecular weight is 577 g/mol. The van der Waals surface area contributed by atoms with Crippen LogP contribution < -0.4 is 10.1 Å². The van der Waals surface area contributed by atoms with Crippen LogP contribution >= 0.6 is 0 Å². The summed E-state index contributed by atoms with van der Waals surface area (Å²) >= 11 is 0. The number of rotatable bonds is 9. The average Bonchev–Trinajstić information content (AvgIpc) is 3.76. The van der Waals surface area contributed by atoms with Gasteiger partial charge in [-0.15, -0.1) is 0 Å². The van der Waals surface area contributed by atoms with Gasteiger partial charge in [0.15, 0.2) is 5.65 Å². The zero-order valence-electron chi connectivity index (χ0n) is 24.2. The van der Waals surface area contributed by atoms with E-state index < -0.39 is 0 Å². The van der Waals surface area contributed by atoms with Crippen molar-refractivity contribution < 1.29 is 9.13 Å². The second-order valence-electron chi connectivity index (χ2n) is 11.3. The zero-order chi connectivity index (χ0) is 29.3. The molecule has 6 heterocycles. The molecule has 43 heavy (non-hydrogen) atoms. The Bertz CT molecular complexity index is 1910. The van der Waals surface area contributed by atoms with E-state index in [4.69, 9.17) is 4.74 Å². The van der Waals surface area contributed by atoms with Crippen LogP contribution in [0.25, 0.3) is 55.7 Å². The number of hydrogen-bond acceptors (Lipinski definition) is 7. The summed E-state index contributed by atoms with van der Waals surface area (Å²) in [4.78, 5) is 19.5. The van der Waals surface area contributed by atoms with Crippen LogP contribution in [0.5, 0.6) is 5.75 Å². The number of benzene rings is 1. The van der Waals surface area contributed by atoms with Gasteiger partial charge in [0.25, 0.3) is 0 Å². The Labute approximate surface area is 248 Å². The van der Waals surface area contributed by atoms with Crippen molar-refractivity contribution in [2.24, 2.45) is 0 Å². The number of nitrogens with zero attached hydrogens (tertiary/aromatic N) is 5. The highest BCUT2D eigenvalue weighted by molar-refractivity contribution is 6.00. The van der Waals surface area contributed by atoms with Crippen molar-refractivity contribution in [1.82, 2.24) is 35.0 Å². The molecule has 218 valence electrons. The molecule has 0 amide bonds. The number of pyridine rings is 3. The minimum Gasteiger partial charge on any atom is -0.492 e. The van der Waals surface area contributed by atoms with E-state index in [0.717, 1.165) is 64.1 Å². The van der Waals surface area contributed by atoms with Crippen LogP contribution in [0, 0.1) is 5.82 Å². The van der Waals surface area contributed by atoms with E-state index >= 15 is 0 Å². The van der Waals surface area contributed by atoms with Crippen LogP contribution in [0.2, 0.25) is 0 Å². The molecule has 0 bridgehead atoms. The van der Waals surface area contributed by atoms with Crippen LogP contribution in [-0.2, 0) is 0 Å². The molecule has 5 aromatic heterocycles. The Kier molecular flexibility index (Phi) is 7.20. The van der Waals surface area contributed by atoms with Crippen molar-refractivity contribution in [1.29, 1.82) is 0 Å². The molecule has 0 saturated carbocycles. The third kappa shape index (κ3) is 5.65. The van der Waals surface area contributed by atoms with E-state index in [1.807, 2.05) is 36.8 Å². The summed E-state index contributed by atoms with van der Waals surface area (Å²) in [7, 11) is 0. The number of ether oxygens (including phenoxy) is 1. The van der Waals surface area contributed by atoms with Crippen LogP contribution in [0.15, 0.2) is 67.3 Å². The highest BCUT2D eigenvalue weighted by atomic mass is 19.1. The van der Waals surface area contributed by atoms with Crippen molar-refractivity contribution in [3.63, 3.8) is 0 Å². The molecule has 3 N–H and O–H groups in total. The molecule has 6 aromatic rings. The minimum atomic E-state index is -0.358. The van der Waals surface area contributed by atoms with E-state index in [1.54, 1.807) is 6.20 Å². The van der Waals surface area contributed by atoms with Gasteiger partial charge in [-0.1, -0.05) is 0 Å². The maximum atomic E-state index is 14.8. The summed E-state index contributed by atoms with van der Waals surface area (Å²) in [5.41, 5.74) is 7.31. The fourth-order valence-electron chi connectivity index (χ4n) is 5.77. The first kappa shape index (κ1) is 27.0. The van der Waals surface area contributed by atoms with Gasteiger partial charge < -0.3 is 15.0 Å². The Balaban J connectivity index is 1.21. The molecule has 0 aliphatic carbocycles. The van der Waals surface area contributed by atoms with Crippen molar-refractivity contribution in [2.75, 3.05) is 31.6 Å². The lowest BCUT2D eigenvalue weighted by atomic mass is 10.1. The molecule has 7 rings (SSSR count). The number of aromatic amines is 2. The highest BCUT2D eigenvalue weighted by Crippen LogP contribution is 2.35. The van der Waals surface area contributed by atoms with Gasteiger partial charge in [0.1, 0.15) is 18.2 Å². The number of anilines is 1. The van der Waals surface area contributed by atoms with Crippen LogP contribution in [-0.4, -0.2) is 67.3 Å². The number of likely N-dealkylation sites (tertiary alicyclic amines) is 1. The summed E-state index contributed by atoms with van der Waals surface area (Å²) in [5.74, 6) is 0.146. The van der Waals surface area contributed by atoms with Crippen LogP contribution in [0.3, 0.4) is 0 Å². The highest BCUT2D eigenvalue weighted by Gasteiger charge is 2.17. The number of halogens is 1. The molecule has 1 saturated heterocycles. The van der Waals surface area contributed by atoms with Crippen molar-refractivity contribution in [3.05, 3.63) is 73.1 Å².